The number of benzene rings is 1. The van der Waals surface area contributed by atoms with Crippen LogP contribution in [0.5, 0.6) is 0 Å². The molecule has 0 unspecified atom stereocenters. The number of hydrogen-bond acceptors (Lipinski definition) is 6. The van der Waals surface area contributed by atoms with E-state index in [1.165, 1.54) is 37.3 Å². The highest BCUT2D eigenvalue weighted by Crippen LogP contribution is 2.59. The zero-order valence-electron chi connectivity index (χ0n) is 24.8. The summed E-state index contributed by atoms with van der Waals surface area (Å²) in [6, 6.07) is 0.370. The lowest BCUT2D eigenvalue weighted by atomic mass is 9.86. The first-order valence-electron chi connectivity index (χ1n) is 13.9. The number of aryl methyl sites for hydroxylation is 2. The van der Waals surface area contributed by atoms with Crippen LogP contribution in [0.2, 0.25) is 0 Å². The van der Waals surface area contributed by atoms with E-state index in [9.17, 15) is 27.6 Å². The monoisotopic (exact) mass is 584 g/mol. The minimum atomic E-state index is -4.65. The lowest BCUT2D eigenvalue weighted by molar-refractivity contribution is -0.182. The molecule has 1 saturated heterocycles. The first kappa shape index (κ1) is 29.7. The molecule has 12 heteroatoms. The molecule has 224 valence electrons. The third kappa shape index (κ3) is 5.27. The molecule has 2 aliphatic rings. The van der Waals surface area contributed by atoms with E-state index in [4.69, 9.17) is 0 Å². The van der Waals surface area contributed by atoms with Crippen LogP contribution in [-0.4, -0.2) is 66.5 Å². The normalized spacial score (nSPS) is 22.7. The number of nitrogens with one attached hydrogen (secondary N) is 1. The van der Waals surface area contributed by atoms with Crippen molar-refractivity contribution in [2.24, 2.45) is 10.8 Å². The molecule has 2 amide bonds. The summed E-state index contributed by atoms with van der Waals surface area (Å²) in [6.07, 6.45) is -0.309. The molecule has 4 atom stereocenters. The van der Waals surface area contributed by atoms with Gasteiger partial charge < -0.3 is 10.2 Å². The number of likely N-dealkylation sites (tertiary alicyclic amines) is 1. The van der Waals surface area contributed by atoms with E-state index in [0.29, 0.717) is 23.1 Å². The third-order valence-corrected chi connectivity index (χ3v) is 8.47. The molecule has 1 aromatic carbocycles. The summed E-state index contributed by atoms with van der Waals surface area (Å²) in [7, 11) is 0. The summed E-state index contributed by atoms with van der Waals surface area (Å²) in [5, 5.41) is 7.25. The molecular weight excluding hydrogens is 549 g/mol. The maximum absolute atomic E-state index is 13.8. The number of aromatic nitrogens is 4. The van der Waals surface area contributed by atoms with Crippen LogP contribution in [0.25, 0.3) is 22.0 Å². The predicted molar refractivity (Wildman–Crippen MR) is 149 cm³/mol. The van der Waals surface area contributed by atoms with Crippen LogP contribution >= 0.6 is 0 Å². The molecule has 1 aliphatic heterocycles. The van der Waals surface area contributed by atoms with Crippen molar-refractivity contribution in [1.82, 2.24) is 30.0 Å². The average Bonchev–Trinajstić information content (AvgIpc) is 3.22. The number of carbonyl (C=O) groups is 3. The van der Waals surface area contributed by atoms with Gasteiger partial charge in [0.05, 0.1) is 5.52 Å². The van der Waals surface area contributed by atoms with Crippen molar-refractivity contribution in [1.29, 1.82) is 0 Å². The van der Waals surface area contributed by atoms with Crippen LogP contribution in [0.4, 0.5) is 13.2 Å². The molecule has 2 fully saturated rings. The number of alkyl halides is 3. The van der Waals surface area contributed by atoms with Crippen molar-refractivity contribution in [2.45, 2.75) is 92.2 Å². The Morgan fingerprint density at radius 3 is 2.29 bits per heavy atom. The minimum absolute atomic E-state index is 0.195. The van der Waals surface area contributed by atoms with Crippen molar-refractivity contribution in [3.63, 3.8) is 0 Å². The summed E-state index contributed by atoms with van der Waals surface area (Å²) in [6.45, 7) is 10.9. The number of amides is 2. The number of Topliss-reactive ketones (excluding diaryl/α,β-unsaturated/α-hetero) is 1. The summed E-state index contributed by atoms with van der Waals surface area (Å²) in [5.74, 6) is -0.905. The number of fused-ring (bicyclic) bond motifs is 2. The van der Waals surface area contributed by atoms with Gasteiger partial charge in [-0.15, -0.1) is 0 Å². The Bertz CT molecular complexity index is 1580. The number of hydrogen-bond donors (Lipinski definition) is 1. The molecule has 0 radical (unpaired) electrons. The highest BCUT2D eigenvalue weighted by Gasteiger charge is 2.64. The Morgan fingerprint density at radius 2 is 1.71 bits per heavy atom. The molecule has 1 saturated carbocycles. The van der Waals surface area contributed by atoms with E-state index in [1.54, 1.807) is 19.3 Å². The van der Waals surface area contributed by atoms with E-state index < -0.39 is 35.5 Å². The lowest BCUT2D eigenvalue weighted by Crippen LogP contribution is -2.58. The molecule has 0 bridgehead atoms. The smallest absolute Gasteiger partial charge is 0.342 e. The van der Waals surface area contributed by atoms with Crippen molar-refractivity contribution < 1.29 is 27.6 Å². The molecule has 42 heavy (non-hydrogen) atoms. The predicted octanol–water partition coefficient (Wildman–Crippen LogP) is 4.79. The number of piperidine rings is 1. The summed E-state index contributed by atoms with van der Waals surface area (Å²) < 4.78 is 43.0. The maximum Gasteiger partial charge on any atom is 0.409 e. The summed E-state index contributed by atoms with van der Waals surface area (Å²) >= 11 is 0. The second kappa shape index (κ2) is 9.88. The van der Waals surface area contributed by atoms with E-state index in [1.807, 2.05) is 26.0 Å². The fourth-order valence-corrected chi connectivity index (χ4v) is 6.21. The third-order valence-electron chi connectivity index (χ3n) is 8.47. The molecular formula is C30H35F3N6O3. The standard InChI is InChI=1S/C30H35F3N6O3/c1-15-8-18(19-12-34-17(3)35-13-19)9-20-24(16(2)40)37-38(25(15)20)14-23(41)39-21(10-29(7)11-22(29)39)26(42)36-27(28(4,5)6)30(31,32)33/h8-9,12-13,21-22,27H,10-11,14H2,1-7H3,(H,36,42)/t21-,22+,27-,29-/m0/s1. The minimum Gasteiger partial charge on any atom is -0.342 e. The summed E-state index contributed by atoms with van der Waals surface area (Å²) in [5.41, 5.74) is 1.50. The number of halogens is 3. The SMILES string of the molecule is CC(=O)c1nn(CC(=O)N2[C@H](C(=O)N[C@@H](C(C)(C)C)C(F)(F)F)C[C@@]3(C)C[C@@H]23)c2c(C)cc(-c3cnc(C)nc3)cc12. The molecule has 1 N–H and O–H groups in total. The van der Waals surface area contributed by atoms with Gasteiger partial charge in [-0.2, -0.15) is 18.3 Å². The Morgan fingerprint density at radius 1 is 1.07 bits per heavy atom. The van der Waals surface area contributed by atoms with Gasteiger partial charge in [0.15, 0.2) is 5.78 Å². The first-order chi connectivity index (χ1) is 19.4. The van der Waals surface area contributed by atoms with E-state index in [2.05, 4.69) is 20.4 Å². The van der Waals surface area contributed by atoms with Gasteiger partial charge in [0.2, 0.25) is 11.8 Å². The van der Waals surface area contributed by atoms with Crippen molar-refractivity contribution in [3.8, 4) is 11.1 Å². The second-order valence-corrected chi connectivity index (χ2v) is 13.0. The van der Waals surface area contributed by atoms with Gasteiger partial charge in [0, 0.05) is 36.3 Å². The highest BCUT2D eigenvalue weighted by molar-refractivity contribution is 6.07. The van der Waals surface area contributed by atoms with Crippen LogP contribution < -0.4 is 5.32 Å². The Balaban J connectivity index is 1.47. The molecule has 2 aromatic heterocycles. The van der Waals surface area contributed by atoms with E-state index in [-0.39, 0.29) is 35.9 Å². The fraction of sp³-hybridized carbons (Fsp3) is 0.533. The van der Waals surface area contributed by atoms with Crippen molar-refractivity contribution >= 4 is 28.5 Å². The van der Waals surface area contributed by atoms with Gasteiger partial charge in [-0.1, -0.05) is 27.7 Å². The molecule has 5 rings (SSSR count). The van der Waals surface area contributed by atoms with E-state index in [0.717, 1.165) is 16.7 Å². The zero-order chi connectivity index (χ0) is 30.9. The Hall–Kier alpha value is -3.83. The van der Waals surface area contributed by atoms with Crippen molar-refractivity contribution in [3.05, 3.63) is 41.6 Å². The molecule has 0 spiro atoms. The maximum atomic E-state index is 13.8. The fourth-order valence-electron chi connectivity index (χ4n) is 6.21. The Labute approximate surface area is 241 Å². The van der Waals surface area contributed by atoms with Gasteiger partial charge in [0.25, 0.3) is 0 Å². The number of nitrogens with zero attached hydrogens (tertiary/aromatic N) is 5. The zero-order valence-corrected chi connectivity index (χ0v) is 24.8. The average molecular weight is 585 g/mol. The topological polar surface area (TPSA) is 110 Å². The van der Waals surface area contributed by atoms with Crippen LogP contribution in [0.3, 0.4) is 0 Å². The molecule has 1 aliphatic carbocycles. The van der Waals surface area contributed by atoms with Gasteiger partial charge >= 0.3 is 6.18 Å². The summed E-state index contributed by atoms with van der Waals surface area (Å²) in [4.78, 5) is 49.6. The van der Waals surface area contributed by atoms with Crippen LogP contribution in [0, 0.1) is 24.7 Å². The Kier molecular flexibility index (Phi) is 6.97. The molecule has 9 nitrogen and oxygen atoms in total. The van der Waals surface area contributed by atoms with Gasteiger partial charge in [0.1, 0.15) is 30.1 Å². The molecule has 3 heterocycles. The van der Waals surface area contributed by atoms with Crippen molar-refractivity contribution in [2.75, 3.05) is 0 Å². The first-order valence-corrected chi connectivity index (χ1v) is 13.9. The highest BCUT2D eigenvalue weighted by atomic mass is 19.4. The van der Waals surface area contributed by atoms with Crippen LogP contribution in [0.1, 0.15) is 69.3 Å². The van der Waals surface area contributed by atoms with Gasteiger partial charge in [-0.3, -0.25) is 19.1 Å². The van der Waals surface area contributed by atoms with Crippen LogP contribution in [0.15, 0.2) is 24.5 Å². The second-order valence-electron chi connectivity index (χ2n) is 13.0. The largest absolute Gasteiger partial charge is 0.409 e. The van der Waals surface area contributed by atoms with Crippen LogP contribution in [-0.2, 0) is 16.1 Å². The van der Waals surface area contributed by atoms with Gasteiger partial charge in [-0.25, -0.2) is 9.97 Å². The lowest BCUT2D eigenvalue weighted by Gasteiger charge is -2.35. The number of carbonyl (C=O) groups excluding carboxylic acids is 3. The van der Waals surface area contributed by atoms with E-state index >= 15 is 0 Å². The quantitative estimate of drug-likeness (QED) is 0.418. The number of rotatable bonds is 6. The molecule has 3 aromatic rings. The van der Waals surface area contributed by atoms with Gasteiger partial charge in [-0.05, 0) is 60.8 Å². The number of ketones is 1.